The SMILES string of the molecule is CCN1C(c2ccccc2C(=O)c2ccc(Cl)cc2)=NCC1C.Cl. The van der Waals surface area contributed by atoms with E-state index in [4.69, 9.17) is 11.6 Å². The first kappa shape index (κ1) is 18.5. The zero-order chi connectivity index (χ0) is 16.4. The maximum Gasteiger partial charge on any atom is 0.193 e. The minimum absolute atomic E-state index is 0. The third-order valence-electron chi connectivity index (χ3n) is 4.17. The summed E-state index contributed by atoms with van der Waals surface area (Å²) < 4.78 is 0. The number of ketones is 1. The standard InChI is InChI=1S/C19H19ClN2O.ClH/c1-3-22-13(2)12-21-19(22)17-7-5-4-6-16(17)18(23)14-8-10-15(20)11-9-14;/h4-11,13H,3,12H2,1-2H3;1H. The molecule has 1 heterocycles. The van der Waals surface area contributed by atoms with Crippen molar-refractivity contribution in [3.05, 3.63) is 70.2 Å². The largest absolute Gasteiger partial charge is 0.352 e. The monoisotopic (exact) mass is 362 g/mol. The molecule has 3 nitrogen and oxygen atoms in total. The van der Waals surface area contributed by atoms with Crippen molar-refractivity contribution in [3.63, 3.8) is 0 Å². The summed E-state index contributed by atoms with van der Waals surface area (Å²) in [6, 6.07) is 15.1. The lowest BCUT2D eigenvalue weighted by molar-refractivity contribution is 0.103. The van der Waals surface area contributed by atoms with Gasteiger partial charge in [0, 0.05) is 34.3 Å². The van der Waals surface area contributed by atoms with Gasteiger partial charge in [0.15, 0.2) is 5.78 Å². The van der Waals surface area contributed by atoms with Gasteiger partial charge in [0.1, 0.15) is 5.84 Å². The van der Waals surface area contributed by atoms with E-state index in [-0.39, 0.29) is 18.2 Å². The molecule has 1 unspecified atom stereocenters. The van der Waals surface area contributed by atoms with Gasteiger partial charge < -0.3 is 4.90 Å². The number of halogens is 2. The third-order valence-corrected chi connectivity index (χ3v) is 4.42. The van der Waals surface area contributed by atoms with E-state index in [1.165, 1.54) is 0 Å². The molecule has 126 valence electrons. The Hall–Kier alpha value is -1.84. The molecule has 0 bridgehead atoms. The Labute approximate surface area is 153 Å². The maximum absolute atomic E-state index is 12.9. The molecule has 0 N–H and O–H groups in total. The van der Waals surface area contributed by atoms with Crippen LogP contribution in [0.15, 0.2) is 53.5 Å². The highest BCUT2D eigenvalue weighted by molar-refractivity contribution is 6.30. The topological polar surface area (TPSA) is 32.7 Å². The Morgan fingerprint density at radius 1 is 1.21 bits per heavy atom. The normalized spacial score (nSPS) is 16.5. The molecule has 0 saturated heterocycles. The summed E-state index contributed by atoms with van der Waals surface area (Å²) >= 11 is 5.91. The highest BCUT2D eigenvalue weighted by atomic mass is 35.5. The van der Waals surface area contributed by atoms with Crippen molar-refractivity contribution >= 4 is 35.6 Å². The Morgan fingerprint density at radius 3 is 2.54 bits per heavy atom. The number of rotatable bonds is 4. The van der Waals surface area contributed by atoms with Crippen LogP contribution in [0.1, 0.15) is 35.3 Å². The molecule has 0 fully saturated rings. The van der Waals surface area contributed by atoms with E-state index in [0.29, 0.717) is 22.2 Å². The molecule has 5 heteroatoms. The van der Waals surface area contributed by atoms with Gasteiger partial charge in [-0.1, -0.05) is 35.9 Å². The van der Waals surface area contributed by atoms with Crippen molar-refractivity contribution < 1.29 is 4.79 Å². The quantitative estimate of drug-likeness (QED) is 0.751. The van der Waals surface area contributed by atoms with Crippen LogP contribution < -0.4 is 0 Å². The van der Waals surface area contributed by atoms with Crippen LogP contribution in [-0.2, 0) is 0 Å². The second-order valence-electron chi connectivity index (χ2n) is 5.68. The summed E-state index contributed by atoms with van der Waals surface area (Å²) in [7, 11) is 0. The Morgan fingerprint density at radius 2 is 1.88 bits per heavy atom. The van der Waals surface area contributed by atoms with Crippen LogP contribution in [0.5, 0.6) is 0 Å². The lowest BCUT2D eigenvalue weighted by Gasteiger charge is -2.24. The second-order valence-corrected chi connectivity index (χ2v) is 6.12. The van der Waals surface area contributed by atoms with Gasteiger partial charge in [0.25, 0.3) is 0 Å². The number of benzene rings is 2. The lowest BCUT2D eigenvalue weighted by Crippen LogP contribution is -2.35. The molecule has 0 amide bonds. The second kappa shape index (κ2) is 7.82. The summed E-state index contributed by atoms with van der Waals surface area (Å²) in [5.74, 6) is 0.911. The first-order valence-electron chi connectivity index (χ1n) is 7.82. The van der Waals surface area contributed by atoms with Gasteiger partial charge in [0.05, 0.1) is 6.54 Å². The Kier molecular flexibility index (Phi) is 6.03. The van der Waals surface area contributed by atoms with Crippen LogP contribution in [0.25, 0.3) is 0 Å². The zero-order valence-corrected chi connectivity index (χ0v) is 15.3. The molecule has 0 spiro atoms. The summed E-state index contributed by atoms with van der Waals surface area (Å²) in [4.78, 5) is 19.8. The van der Waals surface area contributed by atoms with Crippen molar-refractivity contribution in [2.24, 2.45) is 4.99 Å². The van der Waals surface area contributed by atoms with Gasteiger partial charge in [-0.05, 0) is 38.1 Å². The van der Waals surface area contributed by atoms with Crippen LogP contribution in [0.3, 0.4) is 0 Å². The van der Waals surface area contributed by atoms with E-state index >= 15 is 0 Å². The molecule has 1 aliphatic rings. The molecular weight excluding hydrogens is 343 g/mol. The summed E-state index contributed by atoms with van der Waals surface area (Å²) in [5.41, 5.74) is 2.22. The van der Waals surface area contributed by atoms with Crippen molar-refractivity contribution in [1.82, 2.24) is 4.90 Å². The van der Waals surface area contributed by atoms with Crippen LogP contribution in [0, 0.1) is 0 Å². The van der Waals surface area contributed by atoms with Gasteiger partial charge in [-0.2, -0.15) is 0 Å². The zero-order valence-electron chi connectivity index (χ0n) is 13.7. The number of hydrogen-bond acceptors (Lipinski definition) is 3. The van der Waals surface area contributed by atoms with Gasteiger partial charge in [0.2, 0.25) is 0 Å². The van der Waals surface area contributed by atoms with E-state index in [1.54, 1.807) is 24.3 Å². The first-order valence-corrected chi connectivity index (χ1v) is 8.20. The van der Waals surface area contributed by atoms with E-state index in [2.05, 4.69) is 23.7 Å². The smallest absolute Gasteiger partial charge is 0.193 e. The molecule has 1 aliphatic heterocycles. The number of amidine groups is 1. The molecule has 0 radical (unpaired) electrons. The first-order chi connectivity index (χ1) is 11.1. The number of nitrogens with zero attached hydrogens (tertiary/aromatic N) is 2. The number of carbonyl (C=O) groups excluding carboxylic acids is 1. The fourth-order valence-electron chi connectivity index (χ4n) is 2.95. The molecule has 3 rings (SSSR count). The van der Waals surface area contributed by atoms with Gasteiger partial charge in [-0.15, -0.1) is 12.4 Å². The Balaban J connectivity index is 0.00000208. The van der Waals surface area contributed by atoms with Crippen molar-refractivity contribution in [2.45, 2.75) is 19.9 Å². The predicted octanol–water partition coefficient (Wildman–Crippen LogP) is 4.46. The summed E-state index contributed by atoms with van der Waals surface area (Å²) in [6.45, 7) is 5.92. The maximum atomic E-state index is 12.9. The molecule has 24 heavy (non-hydrogen) atoms. The average Bonchev–Trinajstić information content (AvgIpc) is 2.95. The Bertz CT molecular complexity index is 756. The van der Waals surface area contributed by atoms with Crippen molar-refractivity contribution in [1.29, 1.82) is 0 Å². The minimum Gasteiger partial charge on any atom is -0.352 e. The molecule has 0 aliphatic carbocycles. The van der Waals surface area contributed by atoms with Gasteiger partial charge in [-0.25, -0.2) is 0 Å². The fraction of sp³-hybridized carbons (Fsp3) is 0.263. The summed E-state index contributed by atoms with van der Waals surface area (Å²) in [6.07, 6.45) is 0. The van der Waals surface area contributed by atoms with Gasteiger partial charge in [-0.3, -0.25) is 9.79 Å². The highest BCUT2D eigenvalue weighted by Crippen LogP contribution is 2.22. The van der Waals surface area contributed by atoms with E-state index in [9.17, 15) is 4.79 Å². The number of aliphatic imine (C=N–C) groups is 1. The molecule has 2 aromatic carbocycles. The predicted molar refractivity (Wildman–Crippen MR) is 102 cm³/mol. The fourth-order valence-corrected chi connectivity index (χ4v) is 3.08. The average molecular weight is 363 g/mol. The molecule has 0 saturated carbocycles. The minimum atomic E-state index is -0.00410. The highest BCUT2D eigenvalue weighted by Gasteiger charge is 2.26. The van der Waals surface area contributed by atoms with E-state index < -0.39 is 0 Å². The van der Waals surface area contributed by atoms with Crippen LogP contribution >= 0.6 is 24.0 Å². The lowest BCUT2D eigenvalue weighted by atomic mass is 9.97. The number of carbonyl (C=O) groups is 1. The third kappa shape index (κ3) is 3.47. The van der Waals surface area contributed by atoms with Crippen molar-refractivity contribution in [2.75, 3.05) is 13.1 Å². The van der Waals surface area contributed by atoms with Gasteiger partial charge >= 0.3 is 0 Å². The number of likely N-dealkylation sites (N-methyl/N-ethyl adjacent to an activating group) is 1. The van der Waals surface area contributed by atoms with Crippen LogP contribution in [0.2, 0.25) is 5.02 Å². The van der Waals surface area contributed by atoms with E-state index in [1.807, 2.05) is 24.3 Å². The van der Waals surface area contributed by atoms with Crippen LogP contribution in [-0.4, -0.2) is 35.7 Å². The van der Waals surface area contributed by atoms with Crippen molar-refractivity contribution in [3.8, 4) is 0 Å². The van der Waals surface area contributed by atoms with E-state index in [0.717, 1.165) is 24.5 Å². The molecule has 1 atom stereocenters. The molecule has 0 aromatic heterocycles. The summed E-state index contributed by atoms with van der Waals surface area (Å²) in [5, 5.41) is 0.626. The molecule has 2 aromatic rings. The molecular formula is C19H20Cl2N2O. The number of hydrogen-bond donors (Lipinski definition) is 0. The van der Waals surface area contributed by atoms with Crippen LogP contribution in [0.4, 0.5) is 0 Å².